The number of methoxy groups -OCH3 is 1. The Morgan fingerprint density at radius 2 is 2.05 bits per heavy atom. The average Bonchev–Trinajstić information content (AvgIpc) is 2.53. The Balaban J connectivity index is 1.67. The lowest BCUT2D eigenvalue weighted by atomic mass is 10.2. The average molecular weight is 285 g/mol. The number of hydrogen-bond acceptors (Lipinski definition) is 4. The van der Waals surface area contributed by atoms with Gasteiger partial charge in [-0.25, -0.2) is 0 Å². The molecule has 1 aromatic carbocycles. The highest BCUT2D eigenvalue weighted by molar-refractivity contribution is 5.90. The Kier molecular flexibility index (Phi) is 5.72. The number of ether oxygens (including phenoxy) is 1. The first-order chi connectivity index (χ1) is 10.3. The number of amides is 1. The van der Waals surface area contributed by atoms with E-state index < -0.39 is 0 Å². The standard InChI is InChI=1S/C16H19N3O2/c1-21-15-6-4-14(5-7-15)19-16(20)8-10-18-12-13-3-2-9-17-11-13/h2-7,9,11,18H,8,10,12H2,1H3,(H,19,20). The van der Waals surface area contributed by atoms with Gasteiger partial charge in [-0.3, -0.25) is 9.78 Å². The van der Waals surface area contributed by atoms with Crippen LogP contribution in [0.5, 0.6) is 5.75 Å². The molecule has 0 spiro atoms. The van der Waals surface area contributed by atoms with Gasteiger partial charge in [0.05, 0.1) is 7.11 Å². The third-order valence-corrected chi connectivity index (χ3v) is 2.95. The van der Waals surface area contributed by atoms with Gasteiger partial charge >= 0.3 is 0 Å². The van der Waals surface area contributed by atoms with Crippen LogP contribution in [0.25, 0.3) is 0 Å². The molecule has 0 aliphatic carbocycles. The smallest absolute Gasteiger partial charge is 0.225 e. The zero-order chi connectivity index (χ0) is 14.9. The minimum atomic E-state index is -0.0150. The van der Waals surface area contributed by atoms with E-state index in [0.29, 0.717) is 19.5 Å². The van der Waals surface area contributed by atoms with Crippen LogP contribution in [-0.2, 0) is 11.3 Å². The van der Waals surface area contributed by atoms with Crippen molar-refractivity contribution < 1.29 is 9.53 Å². The second kappa shape index (κ2) is 8.01. The van der Waals surface area contributed by atoms with Crippen molar-refractivity contribution in [2.45, 2.75) is 13.0 Å². The van der Waals surface area contributed by atoms with Gasteiger partial charge in [-0.2, -0.15) is 0 Å². The Morgan fingerprint density at radius 3 is 2.71 bits per heavy atom. The molecule has 0 atom stereocenters. The molecular weight excluding hydrogens is 266 g/mol. The molecule has 0 radical (unpaired) electrons. The van der Waals surface area contributed by atoms with E-state index in [-0.39, 0.29) is 5.91 Å². The number of hydrogen-bond donors (Lipinski definition) is 2. The van der Waals surface area contributed by atoms with E-state index in [0.717, 1.165) is 17.0 Å². The van der Waals surface area contributed by atoms with E-state index in [2.05, 4.69) is 15.6 Å². The van der Waals surface area contributed by atoms with Crippen LogP contribution >= 0.6 is 0 Å². The molecule has 0 saturated carbocycles. The van der Waals surface area contributed by atoms with Gasteiger partial charge in [-0.05, 0) is 35.9 Å². The summed E-state index contributed by atoms with van der Waals surface area (Å²) in [6.45, 7) is 1.33. The molecule has 0 unspecified atom stereocenters. The van der Waals surface area contributed by atoms with Crippen molar-refractivity contribution in [3.8, 4) is 5.75 Å². The molecule has 0 bridgehead atoms. The summed E-state index contributed by atoms with van der Waals surface area (Å²) >= 11 is 0. The van der Waals surface area contributed by atoms with Crippen LogP contribution in [0.2, 0.25) is 0 Å². The van der Waals surface area contributed by atoms with Crippen LogP contribution in [0.4, 0.5) is 5.69 Å². The fourth-order valence-corrected chi connectivity index (χ4v) is 1.84. The molecule has 0 saturated heterocycles. The first-order valence-electron chi connectivity index (χ1n) is 6.81. The first kappa shape index (κ1) is 15.0. The normalized spacial score (nSPS) is 10.1. The minimum Gasteiger partial charge on any atom is -0.497 e. The summed E-state index contributed by atoms with van der Waals surface area (Å²) in [6.07, 6.45) is 3.97. The van der Waals surface area contributed by atoms with Gasteiger partial charge in [0.25, 0.3) is 0 Å². The van der Waals surface area contributed by atoms with Gasteiger partial charge in [-0.15, -0.1) is 0 Å². The maximum absolute atomic E-state index is 11.8. The Morgan fingerprint density at radius 1 is 1.24 bits per heavy atom. The van der Waals surface area contributed by atoms with Gasteiger partial charge in [0.2, 0.25) is 5.91 Å². The maximum Gasteiger partial charge on any atom is 0.225 e. The number of nitrogens with one attached hydrogen (secondary N) is 2. The lowest BCUT2D eigenvalue weighted by Gasteiger charge is -2.07. The maximum atomic E-state index is 11.8. The number of aromatic nitrogens is 1. The highest BCUT2D eigenvalue weighted by Crippen LogP contribution is 2.14. The fraction of sp³-hybridized carbons (Fsp3) is 0.250. The quantitative estimate of drug-likeness (QED) is 0.766. The van der Waals surface area contributed by atoms with Gasteiger partial charge in [-0.1, -0.05) is 6.07 Å². The van der Waals surface area contributed by atoms with Crippen molar-refractivity contribution >= 4 is 11.6 Å². The molecule has 110 valence electrons. The fourth-order valence-electron chi connectivity index (χ4n) is 1.84. The van der Waals surface area contributed by atoms with Gasteiger partial charge in [0, 0.05) is 37.6 Å². The summed E-state index contributed by atoms with van der Waals surface area (Å²) in [5.74, 6) is 0.755. The van der Waals surface area contributed by atoms with E-state index in [9.17, 15) is 4.79 Å². The van der Waals surface area contributed by atoms with E-state index in [1.165, 1.54) is 0 Å². The van der Waals surface area contributed by atoms with Gasteiger partial charge in [0.15, 0.2) is 0 Å². The zero-order valence-electron chi connectivity index (χ0n) is 12.0. The summed E-state index contributed by atoms with van der Waals surface area (Å²) in [5.41, 5.74) is 1.88. The van der Waals surface area contributed by atoms with Gasteiger partial charge in [0.1, 0.15) is 5.75 Å². The van der Waals surface area contributed by atoms with Crippen LogP contribution in [-0.4, -0.2) is 24.5 Å². The number of rotatable bonds is 7. The number of nitrogens with zero attached hydrogens (tertiary/aromatic N) is 1. The van der Waals surface area contributed by atoms with Crippen molar-refractivity contribution in [2.24, 2.45) is 0 Å². The van der Waals surface area contributed by atoms with Crippen molar-refractivity contribution in [2.75, 3.05) is 19.0 Å². The Labute approximate surface area is 124 Å². The molecule has 5 heteroatoms. The highest BCUT2D eigenvalue weighted by atomic mass is 16.5. The molecular formula is C16H19N3O2. The van der Waals surface area contributed by atoms with Gasteiger partial charge < -0.3 is 15.4 Å². The Hall–Kier alpha value is -2.40. The predicted octanol–water partition coefficient (Wildman–Crippen LogP) is 2.21. The number of benzene rings is 1. The summed E-state index contributed by atoms with van der Waals surface area (Å²) in [5, 5.41) is 6.06. The van der Waals surface area contributed by atoms with Crippen LogP contribution in [0, 0.1) is 0 Å². The van der Waals surface area contributed by atoms with Crippen LogP contribution < -0.4 is 15.4 Å². The topological polar surface area (TPSA) is 63.2 Å². The molecule has 2 N–H and O–H groups in total. The SMILES string of the molecule is COc1ccc(NC(=O)CCNCc2cccnc2)cc1. The molecule has 0 aliphatic rings. The number of anilines is 1. The second-order valence-electron chi connectivity index (χ2n) is 4.56. The van der Waals surface area contributed by atoms with E-state index >= 15 is 0 Å². The summed E-state index contributed by atoms with van der Waals surface area (Å²) < 4.78 is 5.07. The third kappa shape index (κ3) is 5.24. The summed E-state index contributed by atoms with van der Waals surface area (Å²) in [7, 11) is 1.61. The molecule has 1 heterocycles. The number of carbonyl (C=O) groups excluding carboxylic acids is 1. The molecule has 0 fully saturated rings. The molecule has 0 aliphatic heterocycles. The summed E-state index contributed by atoms with van der Waals surface area (Å²) in [6, 6.07) is 11.2. The monoisotopic (exact) mass is 285 g/mol. The van der Waals surface area contributed by atoms with Crippen molar-refractivity contribution in [3.63, 3.8) is 0 Å². The van der Waals surface area contributed by atoms with Crippen molar-refractivity contribution in [1.29, 1.82) is 0 Å². The molecule has 5 nitrogen and oxygen atoms in total. The summed E-state index contributed by atoms with van der Waals surface area (Å²) in [4.78, 5) is 15.8. The highest BCUT2D eigenvalue weighted by Gasteiger charge is 2.02. The number of pyridine rings is 1. The number of carbonyl (C=O) groups is 1. The van der Waals surface area contributed by atoms with Crippen LogP contribution in [0.3, 0.4) is 0 Å². The minimum absolute atomic E-state index is 0.0150. The van der Waals surface area contributed by atoms with Crippen LogP contribution in [0.1, 0.15) is 12.0 Å². The van der Waals surface area contributed by atoms with E-state index in [4.69, 9.17) is 4.74 Å². The molecule has 2 rings (SSSR count). The molecule has 1 amide bonds. The molecule has 2 aromatic rings. The predicted molar refractivity (Wildman–Crippen MR) is 82.2 cm³/mol. The lowest BCUT2D eigenvalue weighted by Crippen LogP contribution is -2.21. The van der Waals surface area contributed by atoms with Crippen LogP contribution in [0.15, 0.2) is 48.8 Å². The molecule has 21 heavy (non-hydrogen) atoms. The third-order valence-electron chi connectivity index (χ3n) is 2.95. The lowest BCUT2D eigenvalue weighted by molar-refractivity contribution is -0.116. The van der Waals surface area contributed by atoms with E-state index in [1.807, 2.05) is 42.6 Å². The zero-order valence-corrected chi connectivity index (χ0v) is 12.0. The second-order valence-corrected chi connectivity index (χ2v) is 4.56. The largest absolute Gasteiger partial charge is 0.497 e. The van der Waals surface area contributed by atoms with Crippen molar-refractivity contribution in [1.82, 2.24) is 10.3 Å². The van der Waals surface area contributed by atoms with Crippen molar-refractivity contribution in [3.05, 3.63) is 54.4 Å². The van der Waals surface area contributed by atoms with E-state index in [1.54, 1.807) is 13.3 Å². The molecule has 1 aromatic heterocycles. The Bertz CT molecular complexity index is 555. The first-order valence-corrected chi connectivity index (χ1v) is 6.81.